The number of nitrogens with one attached hydrogen (secondary N) is 1. The van der Waals surface area contributed by atoms with Gasteiger partial charge in [0.1, 0.15) is 17.8 Å². The molecular weight excluding hydrogens is 467 g/mol. The smallest absolute Gasteiger partial charge is 0.387 e. The van der Waals surface area contributed by atoms with Crippen molar-refractivity contribution in [3.05, 3.63) is 58.5 Å². The first kappa shape index (κ1) is 23.2. The maximum atomic E-state index is 13.1. The lowest BCUT2D eigenvalue weighted by molar-refractivity contribution is -0.0950. The summed E-state index contributed by atoms with van der Waals surface area (Å²) in [5.41, 5.74) is 4.44. The molecule has 2 saturated heterocycles. The van der Waals surface area contributed by atoms with E-state index in [4.69, 9.17) is 24.0 Å². The zero-order chi connectivity index (χ0) is 24.1. The molecule has 0 saturated carbocycles. The van der Waals surface area contributed by atoms with Crippen LogP contribution in [0.2, 0.25) is 0 Å². The van der Waals surface area contributed by atoms with E-state index < -0.39 is 43.5 Å². The van der Waals surface area contributed by atoms with Gasteiger partial charge in [0, 0.05) is 12.6 Å². The molecule has 4 heterocycles. The molecule has 5 rings (SSSR count). The van der Waals surface area contributed by atoms with E-state index in [0.29, 0.717) is 6.42 Å². The molecule has 2 aliphatic heterocycles. The Kier molecular flexibility index (Phi) is 5.85. The summed E-state index contributed by atoms with van der Waals surface area (Å²) in [5.74, 6) is -0.104. The van der Waals surface area contributed by atoms with Crippen molar-refractivity contribution in [2.45, 2.75) is 43.5 Å². The number of H-pyrrole nitrogens is 1. The lowest BCUT2D eigenvalue weighted by Crippen LogP contribution is -2.44. The minimum Gasteiger partial charge on any atom is -0.387 e. The number of ether oxygens (including phenoxy) is 1. The Morgan fingerprint density at radius 3 is 2.88 bits per heavy atom. The number of aliphatic hydroxyl groups is 2. The van der Waals surface area contributed by atoms with Crippen LogP contribution in [-0.2, 0) is 22.9 Å². The fraction of sp³-hybridized carbons (Fsp3) is 0.429. The molecule has 5 N–H and O–H groups in total. The summed E-state index contributed by atoms with van der Waals surface area (Å²) in [6, 6.07) is 10.8. The second-order valence-corrected chi connectivity index (χ2v) is 10.1. The third kappa shape index (κ3) is 4.07. The minimum atomic E-state index is -3.94. The second-order valence-electron chi connectivity index (χ2n) is 8.48. The number of phosphoric acid groups is 1. The molecule has 3 aromatic rings. The number of nitrogens with two attached hydrogens (primary N) is 1. The van der Waals surface area contributed by atoms with Gasteiger partial charge in [0.15, 0.2) is 11.9 Å². The van der Waals surface area contributed by atoms with Gasteiger partial charge in [-0.05, 0) is 18.6 Å². The molecule has 6 atom stereocenters. The normalized spacial score (nSPS) is 34.0. The molecule has 0 unspecified atom stereocenters. The number of fused-ring (bicyclic) bond motifs is 1. The van der Waals surface area contributed by atoms with Crippen molar-refractivity contribution in [3.8, 4) is 0 Å². The van der Waals surface area contributed by atoms with Crippen molar-refractivity contribution in [2.24, 2.45) is 0 Å². The van der Waals surface area contributed by atoms with Gasteiger partial charge in [0.05, 0.1) is 24.7 Å². The van der Waals surface area contributed by atoms with Crippen LogP contribution < -0.4 is 11.3 Å². The Labute approximate surface area is 193 Å². The van der Waals surface area contributed by atoms with Gasteiger partial charge in [-0.3, -0.25) is 23.3 Å². The highest BCUT2D eigenvalue weighted by Gasteiger charge is 2.54. The van der Waals surface area contributed by atoms with Gasteiger partial charge in [0.2, 0.25) is 5.95 Å². The molecule has 0 radical (unpaired) electrons. The quantitative estimate of drug-likeness (QED) is 0.384. The maximum absolute atomic E-state index is 13.1. The van der Waals surface area contributed by atoms with E-state index in [-0.39, 0.29) is 30.2 Å². The molecule has 2 fully saturated rings. The van der Waals surface area contributed by atoms with Crippen LogP contribution in [0.25, 0.3) is 11.0 Å². The van der Waals surface area contributed by atoms with Gasteiger partial charge in [-0.15, -0.1) is 0 Å². The van der Waals surface area contributed by atoms with Crippen LogP contribution in [0.3, 0.4) is 0 Å². The molecule has 1 aromatic carbocycles. The number of benzene rings is 1. The number of hydrogen-bond donors (Lipinski definition) is 4. The third-order valence-electron chi connectivity index (χ3n) is 6.06. The van der Waals surface area contributed by atoms with E-state index in [1.54, 1.807) is 0 Å². The lowest BCUT2D eigenvalue weighted by atomic mass is 9.96. The van der Waals surface area contributed by atoms with Crippen molar-refractivity contribution < 1.29 is 33.1 Å². The predicted molar refractivity (Wildman–Crippen MR) is 120 cm³/mol. The Hall–Kier alpha value is -2.57. The summed E-state index contributed by atoms with van der Waals surface area (Å²) >= 11 is 0. The average molecular weight is 492 g/mol. The predicted octanol–water partition coefficient (Wildman–Crippen LogP) is 1.62. The van der Waals surface area contributed by atoms with E-state index in [9.17, 15) is 19.6 Å². The van der Waals surface area contributed by atoms with E-state index in [1.165, 1.54) is 23.8 Å². The van der Waals surface area contributed by atoms with Gasteiger partial charge < -0.3 is 25.3 Å². The van der Waals surface area contributed by atoms with Crippen molar-refractivity contribution in [1.82, 2.24) is 14.5 Å². The number of aliphatic hydroxyl groups excluding tert-OH is 1. The molecule has 12 nitrogen and oxygen atoms in total. The van der Waals surface area contributed by atoms with Crippen LogP contribution in [0.15, 0.2) is 47.4 Å². The molecular formula is C21H25N4O8P. The topological polar surface area (TPSA) is 171 Å². The first-order chi connectivity index (χ1) is 16.2. The summed E-state index contributed by atoms with van der Waals surface area (Å²) in [5, 5.41) is 22.0. The van der Waals surface area contributed by atoms with Gasteiger partial charge in [-0.2, -0.15) is 4.98 Å². The number of nitrogens with zero attached hydrogens (tertiary/aromatic N) is 2. The highest BCUT2D eigenvalue weighted by Crippen LogP contribution is 2.57. The van der Waals surface area contributed by atoms with Crippen molar-refractivity contribution in [3.63, 3.8) is 0 Å². The van der Waals surface area contributed by atoms with Crippen LogP contribution in [-0.4, -0.2) is 55.8 Å². The number of phosphoric ester groups is 1. The van der Waals surface area contributed by atoms with E-state index in [0.717, 1.165) is 5.56 Å². The van der Waals surface area contributed by atoms with Gasteiger partial charge in [0.25, 0.3) is 5.56 Å². The number of rotatable bonds is 5. The maximum Gasteiger partial charge on any atom is 0.475 e. The number of aromatic nitrogens is 3. The Bertz CT molecular complexity index is 1290. The fourth-order valence-electron chi connectivity index (χ4n) is 4.27. The minimum absolute atomic E-state index is 0.104. The number of anilines is 1. The second kappa shape index (κ2) is 8.58. The van der Waals surface area contributed by atoms with E-state index in [1.807, 2.05) is 30.3 Å². The molecule has 0 spiro atoms. The van der Waals surface area contributed by atoms with Crippen molar-refractivity contribution >= 4 is 24.8 Å². The monoisotopic (exact) mass is 492 g/mol. The Balaban J connectivity index is 1.33. The van der Waals surface area contributed by atoms with Crippen LogP contribution in [0.5, 0.6) is 0 Å². The highest BCUT2D eigenvalue weighted by atomic mass is 31.2. The summed E-state index contributed by atoms with van der Waals surface area (Å²) in [6.07, 6.45) is -2.09. The van der Waals surface area contributed by atoms with Crippen LogP contribution in [0.1, 0.15) is 31.2 Å². The molecule has 0 bridgehead atoms. The standard InChI is InChI=1S/C21H25N4O8P/c1-21(28)16(26)15(32-19(21)25-9-7-13-17(25)23-20(22)24-18(13)27)11-31-34(29)30-10-8-14(33-34)12-5-3-2-4-6-12/h2-7,9,14-16,19,26,28H,8,10-11H2,1H3,(H3,22,23,24,27)/t14-,15-,16-,19-,21-,34-/m1/s1. The SMILES string of the molecule is C[C@@]1(O)[C@H](O)[C@@H](CO[P@@]2(=O)OCC[C@H](c3ccccc3)O2)O[C@H]1n1ccc2c(=O)[nH]c(N)nc21. The molecule has 0 aliphatic carbocycles. The Morgan fingerprint density at radius 2 is 2.12 bits per heavy atom. The molecule has 182 valence electrons. The van der Waals surface area contributed by atoms with Crippen LogP contribution >= 0.6 is 7.82 Å². The van der Waals surface area contributed by atoms with Crippen molar-refractivity contribution in [2.75, 3.05) is 18.9 Å². The average Bonchev–Trinajstić information content (AvgIpc) is 3.32. The van der Waals surface area contributed by atoms with Gasteiger partial charge >= 0.3 is 7.82 Å². The first-order valence-corrected chi connectivity index (χ1v) is 12.2. The van der Waals surface area contributed by atoms with Gasteiger partial charge in [-0.1, -0.05) is 30.3 Å². The highest BCUT2D eigenvalue weighted by molar-refractivity contribution is 7.48. The number of aromatic amines is 1. The number of hydrogen-bond acceptors (Lipinski definition) is 10. The fourth-order valence-corrected chi connectivity index (χ4v) is 5.66. The molecule has 13 heteroatoms. The third-order valence-corrected chi connectivity index (χ3v) is 7.54. The van der Waals surface area contributed by atoms with Crippen LogP contribution in [0.4, 0.5) is 5.95 Å². The molecule has 34 heavy (non-hydrogen) atoms. The zero-order valence-electron chi connectivity index (χ0n) is 18.2. The van der Waals surface area contributed by atoms with Crippen LogP contribution in [0, 0.1) is 0 Å². The van der Waals surface area contributed by atoms with Crippen molar-refractivity contribution in [1.29, 1.82) is 0 Å². The first-order valence-electron chi connectivity index (χ1n) is 10.7. The molecule has 2 aromatic heterocycles. The Morgan fingerprint density at radius 1 is 1.35 bits per heavy atom. The molecule has 2 aliphatic rings. The lowest BCUT2D eigenvalue weighted by Gasteiger charge is -2.30. The largest absolute Gasteiger partial charge is 0.475 e. The van der Waals surface area contributed by atoms with E-state index >= 15 is 0 Å². The summed E-state index contributed by atoms with van der Waals surface area (Å²) in [7, 11) is -3.94. The number of nitrogen functional groups attached to an aromatic ring is 1. The summed E-state index contributed by atoms with van der Waals surface area (Å²) < 4.78 is 36.8. The summed E-state index contributed by atoms with van der Waals surface area (Å²) in [6.45, 7) is 1.18. The summed E-state index contributed by atoms with van der Waals surface area (Å²) in [4.78, 5) is 18.7. The molecule has 0 amide bonds. The van der Waals surface area contributed by atoms with E-state index in [2.05, 4.69) is 9.97 Å². The van der Waals surface area contributed by atoms with Gasteiger partial charge in [-0.25, -0.2) is 4.57 Å². The zero-order valence-corrected chi connectivity index (χ0v) is 19.1.